The van der Waals surface area contributed by atoms with Crippen LogP contribution in [0.1, 0.15) is 10.6 Å². The van der Waals surface area contributed by atoms with Crippen molar-refractivity contribution in [3.05, 3.63) is 34.8 Å². The minimum absolute atomic E-state index is 0.0177. The molecule has 1 aromatic carbocycles. The third-order valence-electron chi connectivity index (χ3n) is 2.77. The van der Waals surface area contributed by atoms with Crippen LogP contribution in [-0.4, -0.2) is 33.8 Å². The van der Waals surface area contributed by atoms with E-state index in [1.54, 1.807) is 13.0 Å². The lowest BCUT2D eigenvalue weighted by molar-refractivity contribution is -0.492. The average Bonchev–Trinajstić information content (AvgIpc) is 2.78. The molecule has 0 unspecified atom stereocenters. The highest BCUT2D eigenvalue weighted by molar-refractivity contribution is 7.15. The number of hydrogen-bond donors (Lipinski definition) is 2. The summed E-state index contributed by atoms with van der Waals surface area (Å²) in [6.07, 6.45) is -4.46. The summed E-state index contributed by atoms with van der Waals surface area (Å²) in [7, 11) is 0. The zero-order valence-corrected chi connectivity index (χ0v) is 12.7. The van der Waals surface area contributed by atoms with Crippen LogP contribution < -0.4 is 4.74 Å². The van der Waals surface area contributed by atoms with Gasteiger partial charge in [-0.05, 0) is 19.1 Å². The Balaban J connectivity index is 2.22. The molecule has 0 aliphatic rings. The predicted octanol–water partition coefficient (Wildman–Crippen LogP) is 3.57. The Morgan fingerprint density at radius 2 is 1.96 bits per heavy atom. The van der Waals surface area contributed by atoms with Crippen molar-refractivity contribution in [1.29, 1.82) is 0 Å². The fourth-order valence-electron chi connectivity index (χ4n) is 1.85. The standard InChI is InChI=1S/C13H13F3N2O4S/c1-8-11(6-7-21-18(19)20)23-12(17-8)9-4-2-3-5-10(9)22-13(14,15)16/h2-5,19-20H,6-7H2,1H3. The summed E-state index contributed by atoms with van der Waals surface area (Å²) in [4.78, 5) is 9.45. The van der Waals surface area contributed by atoms with Crippen LogP contribution in [0, 0.1) is 6.92 Å². The molecule has 0 atom stereocenters. The zero-order valence-electron chi connectivity index (χ0n) is 11.9. The number of halogens is 3. The third-order valence-corrected chi connectivity index (χ3v) is 4.02. The predicted molar refractivity (Wildman–Crippen MR) is 74.0 cm³/mol. The Morgan fingerprint density at radius 1 is 1.26 bits per heavy atom. The lowest BCUT2D eigenvalue weighted by Gasteiger charge is -2.11. The van der Waals surface area contributed by atoms with Gasteiger partial charge in [-0.2, -0.15) is 0 Å². The van der Waals surface area contributed by atoms with Crippen LogP contribution in [0.2, 0.25) is 0 Å². The summed E-state index contributed by atoms with van der Waals surface area (Å²) in [5.74, 6) is -0.326. The maximum absolute atomic E-state index is 12.5. The number of aryl methyl sites for hydroxylation is 1. The highest BCUT2D eigenvalue weighted by Gasteiger charge is 2.32. The van der Waals surface area contributed by atoms with Gasteiger partial charge in [-0.1, -0.05) is 12.1 Å². The molecule has 126 valence electrons. The van der Waals surface area contributed by atoms with E-state index in [9.17, 15) is 13.2 Å². The van der Waals surface area contributed by atoms with Crippen LogP contribution in [0.4, 0.5) is 13.2 Å². The Bertz CT molecular complexity index is 661. The molecule has 2 rings (SSSR count). The van der Waals surface area contributed by atoms with Crippen LogP contribution in [0.25, 0.3) is 10.6 Å². The fraction of sp³-hybridized carbons (Fsp3) is 0.308. The highest BCUT2D eigenvalue weighted by atomic mass is 32.1. The quantitative estimate of drug-likeness (QED) is 0.776. The monoisotopic (exact) mass is 350 g/mol. The summed E-state index contributed by atoms with van der Waals surface area (Å²) >= 11 is 1.18. The number of nitrogens with zero attached hydrogens (tertiary/aromatic N) is 2. The number of para-hydroxylation sites is 1. The van der Waals surface area contributed by atoms with Crippen molar-refractivity contribution in [1.82, 2.24) is 10.4 Å². The van der Waals surface area contributed by atoms with Gasteiger partial charge in [0.2, 0.25) is 0 Å². The number of ether oxygens (including phenoxy) is 1. The molecule has 6 nitrogen and oxygen atoms in total. The molecular formula is C13H13F3N2O4S. The third kappa shape index (κ3) is 5.15. The topological polar surface area (TPSA) is 75.1 Å². The number of thiazole rings is 1. The van der Waals surface area contributed by atoms with E-state index in [-0.39, 0.29) is 17.9 Å². The van der Waals surface area contributed by atoms with Gasteiger partial charge >= 0.3 is 6.36 Å². The van der Waals surface area contributed by atoms with E-state index in [0.717, 1.165) is 4.88 Å². The first-order valence-corrected chi connectivity index (χ1v) is 7.20. The van der Waals surface area contributed by atoms with Gasteiger partial charge in [0.1, 0.15) is 10.8 Å². The van der Waals surface area contributed by atoms with Gasteiger partial charge in [0.05, 0.1) is 23.3 Å². The molecule has 2 N–H and O–H groups in total. The smallest absolute Gasteiger partial charge is 0.405 e. The number of hydrogen-bond acceptors (Lipinski definition) is 7. The second-order valence-corrected chi connectivity index (χ2v) is 5.49. The molecular weight excluding hydrogens is 337 g/mol. The summed E-state index contributed by atoms with van der Waals surface area (Å²) in [5.41, 5.74) is 0.855. The first kappa shape index (κ1) is 17.6. The molecule has 0 saturated carbocycles. The molecule has 1 heterocycles. The molecule has 0 aliphatic heterocycles. The minimum atomic E-state index is -4.79. The molecule has 23 heavy (non-hydrogen) atoms. The number of benzene rings is 1. The molecule has 10 heteroatoms. The lowest BCUT2D eigenvalue weighted by atomic mass is 10.2. The lowest BCUT2D eigenvalue weighted by Crippen LogP contribution is -2.17. The number of rotatable bonds is 6. The first-order valence-electron chi connectivity index (χ1n) is 6.38. The van der Waals surface area contributed by atoms with Gasteiger partial charge in [0, 0.05) is 11.3 Å². The summed E-state index contributed by atoms with van der Waals surface area (Å²) < 4.78 is 41.4. The van der Waals surface area contributed by atoms with Crippen molar-refractivity contribution in [2.75, 3.05) is 6.61 Å². The maximum atomic E-state index is 12.5. The molecule has 0 radical (unpaired) electrons. The van der Waals surface area contributed by atoms with Crippen LogP contribution in [0.15, 0.2) is 24.3 Å². The van der Waals surface area contributed by atoms with Gasteiger partial charge in [-0.3, -0.25) is 15.3 Å². The SMILES string of the molecule is Cc1nc(-c2ccccc2OC(F)(F)F)sc1CCON(O)O. The minimum Gasteiger partial charge on any atom is -0.405 e. The van der Waals surface area contributed by atoms with Crippen LogP contribution in [0.5, 0.6) is 5.75 Å². The van der Waals surface area contributed by atoms with E-state index in [1.165, 1.54) is 29.5 Å². The highest BCUT2D eigenvalue weighted by Crippen LogP contribution is 2.36. The van der Waals surface area contributed by atoms with Crippen molar-refractivity contribution in [2.45, 2.75) is 19.7 Å². The van der Waals surface area contributed by atoms with E-state index in [1.807, 2.05) is 0 Å². The normalized spacial score (nSPS) is 12.0. The van der Waals surface area contributed by atoms with Crippen molar-refractivity contribution in [3.63, 3.8) is 0 Å². The van der Waals surface area contributed by atoms with Crippen molar-refractivity contribution in [3.8, 4) is 16.3 Å². The molecule has 1 aromatic heterocycles. The Morgan fingerprint density at radius 3 is 2.61 bits per heavy atom. The van der Waals surface area contributed by atoms with E-state index >= 15 is 0 Å². The summed E-state index contributed by atoms with van der Waals surface area (Å²) in [6.45, 7) is 1.69. The van der Waals surface area contributed by atoms with Crippen molar-refractivity contribution in [2.24, 2.45) is 0 Å². The molecule has 0 fully saturated rings. The molecule has 0 saturated heterocycles. The average molecular weight is 350 g/mol. The van der Waals surface area contributed by atoms with E-state index in [4.69, 9.17) is 10.4 Å². The van der Waals surface area contributed by atoms with Gasteiger partial charge in [0.15, 0.2) is 0 Å². The summed E-state index contributed by atoms with van der Waals surface area (Å²) in [5, 5.41) is 16.9. The van der Waals surface area contributed by atoms with E-state index in [2.05, 4.69) is 14.6 Å². The Hall–Kier alpha value is -1.72. The second kappa shape index (κ2) is 7.23. The number of aromatic nitrogens is 1. The summed E-state index contributed by atoms with van der Waals surface area (Å²) in [6, 6.07) is 5.74. The van der Waals surface area contributed by atoms with E-state index < -0.39 is 11.8 Å². The Kier molecular flexibility index (Phi) is 5.55. The van der Waals surface area contributed by atoms with Crippen LogP contribution in [-0.2, 0) is 11.3 Å². The maximum Gasteiger partial charge on any atom is 0.573 e. The molecule has 0 aliphatic carbocycles. The molecule has 2 aromatic rings. The van der Waals surface area contributed by atoms with Crippen LogP contribution in [0.3, 0.4) is 0 Å². The van der Waals surface area contributed by atoms with Crippen LogP contribution >= 0.6 is 11.3 Å². The number of alkyl halides is 3. The zero-order chi connectivity index (χ0) is 17.0. The van der Waals surface area contributed by atoms with Crippen molar-refractivity contribution >= 4 is 11.3 Å². The Labute approximate surface area is 133 Å². The van der Waals surface area contributed by atoms with E-state index in [0.29, 0.717) is 17.1 Å². The van der Waals surface area contributed by atoms with Gasteiger partial charge < -0.3 is 4.74 Å². The largest absolute Gasteiger partial charge is 0.573 e. The van der Waals surface area contributed by atoms with Gasteiger partial charge in [-0.25, -0.2) is 4.98 Å². The van der Waals surface area contributed by atoms with Gasteiger partial charge in [0.25, 0.3) is 0 Å². The molecule has 0 amide bonds. The van der Waals surface area contributed by atoms with Crippen molar-refractivity contribution < 1.29 is 33.2 Å². The van der Waals surface area contributed by atoms with Gasteiger partial charge in [-0.15, -0.1) is 24.5 Å². The first-order chi connectivity index (χ1) is 10.8. The molecule has 0 spiro atoms. The molecule has 0 bridgehead atoms. The fourth-order valence-corrected chi connectivity index (χ4v) is 2.93. The second-order valence-electron chi connectivity index (χ2n) is 4.41.